The third-order valence-electron chi connectivity index (χ3n) is 15.9. The number of likely N-dealkylation sites (N-methyl/N-ethyl adjacent to an activating group) is 2. The molecular weight excluding hydrogens is 955 g/mol. The molecule has 4 atom stereocenters. The van der Waals surface area contributed by atoms with Crippen molar-refractivity contribution >= 4 is 59.1 Å². The zero-order valence-electron chi connectivity index (χ0n) is 43.2. The number of hydroxylamine groups is 6. The van der Waals surface area contributed by atoms with Gasteiger partial charge in [0.1, 0.15) is 0 Å². The van der Waals surface area contributed by atoms with E-state index in [4.69, 9.17) is 4.84 Å². The maximum Gasteiger partial charge on any atom is 0.560 e. The van der Waals surface area contributed by atoms with Crippen LogP contribution in [-0.4, -0.2) is 206 Å². The molecule has 0 radical (unpaired) electrons. The van der Waals surface area contributed by atoms with E-state index in [-0.39, 0.29) is 48.7 Å². The summed E-state index contributed by atoms with van der Waals surface area (Å²) < 4.78 is 0. The number of carbonyl (C=O) groups is 8. The van der Waals surface area contributed by atoms with Crippen LogP contribution >= 0.6 is 0 Å². The molecule has 1 N–H and O–H groups in total. The zero-order chi connectivity index (χ0) is 52.2. The lowest BCUT2D eigenvalue weighted by atomic mass is 10.0. The second-order valence-corrected chi connectivity index (χ2v) is 21.3. The molecule has 2 aromatic carbocycles. The van der Waals surface area contributed by atoms with E-state index < -0.39 is 47.7 Å². The van der Waals surface area contributed by atoms with Crippen molar-refractivity contribution in [2.75, 3.05) is 129 Å². The number of aryl methyl sites for hydroxylation is 2. The number of carbonyl (C=O) groups excluding carboxylic acids is 8. The van der Waals surface area contributed by atoms with Crippen molar-refractivity contribution in [3.8, 4) is 0 Å². The summed E-state index contributed by atoms with van der Waals surface area (Å²) in [4.78, 5) is 122. The SMILES string of the molecule is Cc1cccc(CN2CC3CN(C(=O)ON4C(=O)CCC4=O)CC3C2)c1N1CCN(C)CC1.Cc1cccc(CN2CC3CNCC3C2)c1N1CCN(C)CC1.O=C(ON1C(=O)CCC1=O)ON1C(=O)CCC1=O. The number of anilines is 2. The van der Waals surface area contributed by atoms with Crippen molar-refractivity contribution < 1.29 is 52.9 Å². The maximum atomic E-state index is 12.5. The van der Waals surface area contributed by atoms with Crippen LogP contribution in [0.2, 0.25) is 0 Å². The standard InChI is InChI=1S/C24H33N5O4.C19H30N4.C9H8N2O7/c1-17-4-3-5-18(23(17)27-10-8-25(2)9-11-27)12-26-13-19-15-28(16-20(19)14-26)24(32)33-29-21(30)6-7-22(29)31;1-15-4-3-5-16(19(15)23-8-6-21(2)7-9-23)12-22-13-17-10-20-11-18(17)14-22;12-5-1-2-6(13)10(5)17-9(16)18-11-7(14)3-4-8(11)15/h3-5,19-20H,6-16H2,1-2H3;3-5,17-18,20H,6-14H2,1-2H3;1-4H2. The predicted octanol–water partition coefficient (Wildman–Crippen LogP) is 1.98. The molecule has 0 spiro atoms. The van der Waals surface area contributed by atoms with Gasteiger partial charge in [-0.1, -0.05) is 46.5 Å². The fraction of sp³-hybridized carbons (Fsp3) is 0.615. The monoisotopic (exact) mass is 1030 g/mol. The van der Waals surface area contributed by atoms with Crippen molar-refractivity contribution in [2.24, 2.45) is 23.7 Å². The maximum absolute atomic E-state index is 12.5. The summed E-state index contributed by atoms with van der Waals surface area (Å²) in [5.74, 6) is -1.07. The van der Waals surface area contributed by atoms with Crippen LogP contribution < -0.4 is 15.1 Å². The Labute approximate surface area is 432 Å². The first kappa shape index (κ1) is 52.7. The van der Waals surface area contributed by atoms with Gasteiger partial charge in [0.15, 0.2) is 0 Å². The average Bonchev–Trinajstić information content (AvgIpc) is 4.27. The van der Waals surface area contributed by atoms with Crippen LogP contribution in [0.3, 0.4) is 0 Å². The molecule has 9 fully saturated rings. The lowest BCUT2D eigenvalue weighted by Gasteiger charge is -2.36. The van der Waals surface area contributed by atoms with Crippen molar-refractivity contribution in [1.82, 2.24) is 45.0 Å². The Morgan fingerprint density at radius 2 is 0.838 bits per heavy atom. The Balaban J connectivity index is 0.000000144. The van der Waals surface area contributed by atoms with Crippen molar-refractivity contribution in [2.45, 2.75) is 65.5 Å². The first-order valence-corrected chi connectivity index (χ1v) is 26.2. The van der Waals surface area contributed by atoms with Crippen molar-refractivity contribution in [3.05, 3.63) is 58.7 Å². The fourth-order valence-electron chi connectivity index (χ4n) is 11.9. The van der Waals surface area contributed by atoms with Crippen LogP contribution in [0, 0.1) is 37.5 Å². The summed E-state index contributed by atoms with van der Waals surface area (Å²) >= 11 is 0. The summed E-state index contributed by atoms with van der Waals surface area (Å²) in [5, 5.41) is 4.70. The molecule has 9 aliphatic rings. The van der Waals surface area contributed by atoms with Crippen LogP contribution in [0.15, 0.2) is 36.4 Å². The molecule has 2 aromatic rings. The third kappa shape index (κ3) is 12.1. The van der Waals surface area contributed by atoms with Gasteiger partial charge >= 0.3 is 12.2 Å². The van der Waals surface area contributed by atoms with Gasteiger partial charge in [-0.05, 0) is 87.0 Å². The van der Waals surface area contributed by atoms with Gasteiger partial charge in [-0.25, -0.2) is 4.79 Å². The van der Waals surface area contributed by atoms with E-state index in [1.165, 1.54) is 72.9 Å². The summed E-state index contributed by atoms with van der Waals surface area (Å²) in [7, 11) is 4.41. The van der Waals surface area contributed by atoms with Crippen molar-refractivity contribution in [3.63, 3.8) is 0 Å². The zero-order valence-corrected chi connectivity index (χ0v) is 43.2. The van der Waals surface area contributed by atoms with Gasteiger partial charge < -0.3 is 34.7 Å². The number of benzene rings is 2. The largest absolute Gasteiger partial charge is 0.560 e. The summed E-state index contributed by atoms with van der Waals surface area (Å²) in [6.45, 7) is 23.5. The third-order valence-corrected chi connectivity index (χ3v) is 15.9. The van der Waals surface area contributed by atoms with Crippen LogP contribution in [0.4, 0.5) is 21.0 Å². The Bertz CT molecular complexity index is 2360. The normalized spacial score (nSPS) is 25.7. The highest BCUT2D eigenvalue weighted by atomic mass is 16.9. The van der Waals surface area contributed by atoms with Gasteiger partial charge in [0.2, 0.25) is 0 Å². The molecule has 9 saturated heterocycles. The van der Waals surface area contributed by atoms with Crippen LogP contribution in [0.25, 0.3) is 0 Å². The number of fused-ring (bicyclic) bond motifs is 2. The van der Waals surface area contributed by atoms with E-state index in [1.807, 2.05) is 0 Å². The number of hydrogen-bond acceptors (Lipinski definition) is 18. The second kappa shape index (κ2) is 23.1. The summed E-state index contributed by atoms with van der Waals surface area (Å²) in [5.41, 5.74) is 8.57. The van der Waals surface area contributed by atoms with E-state index in [0.29, 0.717) is 30.0 Å². The quantitative estimate of drug-likeness (QED) is 0.356. The van der Waals surface area contributed by atoms with Gasteiger partial charge in [-0.15, -0.1) is 5.06 Å². The van der Waals surface area contributed by atoms with E-state index in [2.05, 4.69) is 109 Å². The number of hydrogen-bond donors (Lipinski definition) is 1. The van der Waals surface area contributed by atoms with Crippen LogP contribution in [-0.2, 0) is 56.4 Å². The number of para-hydroxylation sites is 2. The topological polar surface area (TPSA) is 209 Å². The molecular formula is C52H71N11O11. The summed E-state index contributed by atoms with van der Waals surface area (Å²) in [6.07, 6.45) is -2.09. The number of nitrogens with one attached hydrogen (secondary N) is 1. The number of likely N-dealkylation sites (tertiary alicyclic amines) is 3. The molecule has 9 heterocycles. The molecule has 22 heteroatoms. The lowest BCUT2D eigenvalue weighted by Crippen LogP contribution is -2.45. The molecule has 9 aliphatic heterocycles. The molecule has 7 amide bonds. The molecule has 400 valence electrons. The number of piperazine rings is 2. The predicted molar refractivity (Wildman–Crippen MR) is 268 cm³/mol. The molecule has 0 aliphatic carbocycles. The summed E-state index contributed by atoms with van der Waals surface area (Å²) in [6, 6.07) is 13.5. The Morgan fingerprint density at radius 1 is 0.486 bits per heavy atom. The fourth-order valence-corrected chi connectivity index (χ4v) is 11.9. The highest BCUT2D eigenvalue weighted by Gasteiger charge is 2.44. The number of imide groups is 3. The molecule has 0 saturated carbocycles. The highest BCUT2D eigenvalue weighted by molar-refractivity contribution is 6.03. The molecule has 11 rings (SSSR count). The minimum Gasteiger partial charge on any atom is -0.368 e. The van der Waals surface area contributed by atoms with E-state index in [1.54, 1.807) is 4.90 Å². The number of amides is 7. The lowest BCUT2D eigenvalue weighted by molar-refractivity contribution is -0.198. The smallest absolute Gasteiger partial charge is 0.368 e. The van der Waals surface area contributed by atoms with Gasteiger partial charge in [0.05, 0.1) is 0 Å². The van der Waals surface area contributed by atoms with Gasteiger partial charge in [-0.3, -0.25) is 48.2 Å². The second-order valence-electron chi connectivity index (χ2n) is 21.3. The minimum atomic E-state index is -1.48. The Morgan fingerprint density at radius 3 is 1.22 bits per heavy atom. The molecule has 74 heavy (non-hydrogen) atoms. The minimum absolute atomic E-state index is 0.0618. The molecule has 0 bridgehead atoms. The molecule has 4 unspecified atom stereocenters. The first-order valence-electron chi connectivity index (χ1n) is 26.2. The van der Waals surface area contributed by atoms with Gasteiger partial charge in [0, 0.05) is 155 Å². The number of rotatable bonds is 9. The van der Waals surface area contributed by atoms with Crippen LogP contribution in [0.5, 0.6) is 0 Å². The van der Waals surface area contributed by atoms with Crippen LogP contribution in [0.1, 0.15) is 60.8 Å². The molecule has 0 aromatic heterocycles. The highest BCUT2D eigenvalue weighted by Crippen LogP contribution is 2.36. The van der Waals surface area contributed by atoms with E-state index >= 15 is 0 Å². The van der Waals surface area contributed by atoms with Crippen molar-refractivity contribution in [1.29, 1.82) is 0 Å². The van der Waals surface area contributed by atoms with Gasteiger partial charge in [-0.2, -0.15) is 4.79 Å². The van der Waals surface area contributed by atoms with Gasteiger partial charge in [0.25, 0.3) is 35.4 Å². The van der Waals surface area contributed by atoms with E-state index in [0.717, 1.165) is 77.3 Å². The Kier molecular flexibility index (Phi) is 16.5. The first-order chi connectivity index (χ1) is 35.6. The van der Waals surface area contributed by atoms with E-state index in [9.17, 15) is 38.4 Å². The Hall–Kier alpha value is -6.20. The number of nitrogens with zero attached hydrogens (tertiary/aromatic N) is 10. The average molecular weight is 1030 g/mol. The molecule has 22 nitrogen and oxygen atoms in total.